The summed E-state index contributed by atoms with van der Waals surface area (Å²) < 4.78 is 16.0. The smallest absolute Gasteiger partial charge is 0.308 e. The molecule has 0 aromatic carbocycles. The van der Waals surface area contributed by atoms with E-state index in [1.165, 1.54) is 7.11 Å². The molecule has 0 N–H and O–H groups in total. The number of carbonyl (C=O) groups is 1. The standard InChI is InChI=1S/C11H14O4S/c1-11(9-4-3-5-16-9)14-7-8(15-11)6-10(12)13-2/h3-5,8H,6-7H2,1-2H3. The van der Waals surface area contributed by atoms with Crippen LogP contribution in [0.4, 0.5) is 0 Å². The van der Waals surface area contributed by atoms with Crippen LogP contribution in [0.2, 0.25) is 0 Å². The van der Waals surface area contributed by atoms with Gasteiger partial charge in [0, 0.05) is 0 Å². The molecule has 0 radical (unpaired) electrons. The number of hydrogen-bond donors (Lipinski definition) is 0. The average molecular weight is 242 g/mol. The van der Waals surface area contributed by atoms with E-state index in [0.29, 0.717) is 6.61 Å². The molecule has 1 aliphatic heterocycles. The van der Waals surface area contributed by atoms with Crippen LogP contribution >= 0.6 is 11.3 Å². The largest absolute Gasteiger partial charge is 0.469 e. The number of carbonyl (C=O) groups excluding carboxylic acids is 1. The highest BCUT2D eigenvalue weighted by Gasteiger charge is 2.40. The van der Waals surface area contributed by atoms with Gasteiger partial charge >= 0.3 is 5.97 Å². The van der Waals surface area contributed by atoms with E-state index in [1.807, 2.05) is 24.4 Å². The lowest BCUT2D eigenvalue weighted by molar-refractivity contribution is -0.164. The molecular formula is C11H14O4S. The Balaban J connectivity index is 1.99. The number of ether oxygens (including phenoxy) is 3. The molecule has 2 rings (SSSR count). The van der Waals surface area contributed by atoms with Gasteiger partial charge in [-0.1, -0.05) is 6.07 Å². The molecule has 2 unspecified atom stereocenters. The van der Waals surface area contributed by atoms with Crippen LogP contribution in [-0.4, -0.2) is 25.8 Å². The SMILES string of the molecule is COC(=O)CC1COC(C)(c2cccs2)O1. The Morgan fingerprint density at radius 2 is 2.56 bits per heavy atom. The molecule has 1 fully saturated rings. The summed E-state index contributed by atoms with van der Waals surface area (Å²) in [5.41, 5.74) is 0. The minimum absolute atomic E-state index is 0.223. The zero-order valence-corrected chi connectivity index (χ0v) is 10.1. The quantitative estimate of drug-likeness (QED) is 0.759. The van der Waals surface area contributed by atoms with Crippen molar-refractivity contribution in [2.75, 3.05) is 13.7 Å². The highest BCUT2D eigenvalue weighted by atomic mass is 32.1. The predicted octanol–water partition coefficient (Wildman–Crippen LogP) is 1.90. The van der Waals surface area contributed by atoms with Crippen LogP contribution in [0.25, 0.3) is 0 Å². The van der Waals surface area contributed by atoms with E-state index in [2.05, 4.69) is 4.74 Å². The molecule has 0 saturated carbocycles. The number of hydrogen-bond acceptors (Lipinski definition) is 5. The second-order valence-electron chi connectivity index (χ2n) is 3.75. The summed E-state index contributed by atoms with van der Waals surface area (Å²) in [5.74, 6) is -0.989. The van der Waals surface area contributed by atoms with Crippen LogP contribution in [0.1, 0.15) is 18.2 Å². The van der Waals surface area contributed by atoms with Crippen molar-refractivity contribution in [3.8, 4) is 0 Å². The summed E-state index contributed by atoms with van der Waals surface area (Å²) >= 11 is 1.58. The molecule has 0 aliphatic carbocycles. The first-order valence-corrected chi connectivity index (χ1v) is 5.94. The van der Waals surface area contributed by atoms with Gasteiger partial charge in [-0.25, -0.2) is 0 Å². The first kappa shape index (κ1) is 11.6. The van der Waals surface area contributed by atoms with Gasteiger partial charge in [0.2, 0.25) is 5.79 Å². The van der Waals surface area contributed by atoms with E-state index in [9.17, 15) is 4.79 Å². The van der Waals surface area contributed by atoms with Gasteiger partial charge in [-0.15, -0.1) is 11.3 Å². The third-order valence-electron chi connectivity index (χ3n) is 2.53. The lowest BCUT2D eigenvalue weighted by Gasteiger charge is -2.21. The Morgan fingerprint density at radius 3 is 3.19 bits per heavy atom. The fourth-order valence-electron chi connectivity index (χ4n) is 1.67. The first-order valence-electron chi connectivity index (χ1n) is 5.06. The Bertz CT molecular complexity index is 362. The fraction of sp³-hybridized carbons (Fsp3) is 0.545. The molecule has 16 heavy (non-hydrogen) atoms. The van der Waals surface area contributed by atoms with Gasteiger partial charge in [0.25, 0.3) is 0 Å². The molecule has 0 amide bonds. The van der Waals surface area contributed by atoms with Crippen LogP contribution in [0.5, 0.6) is 0 Å². The van der Waals surface area contributed by atoms with Crippen molar-refractivity contribution in [2.45, 2.75) is 25.2 Å². The summed E-state index contributed by atoms with van der Waals surface area (Å²) in [6.45, 7) is 2.29. The molecular weight excluding hydrogens is 228 g/mol. The lowest BCUT2D eigenvalue weighted by Crippen LogP contribution is -2.23. The second-order valence-corrected chi connectivity index (χ2v) is 4.70. The maximum Gasteiger partial charge on any atom is 0.308 e. The number of methoxy groups -OCH3 is 1. The predicted molar refractivity (Wildman–Crippen MR) is 59.1 cm³/mol. The van der Waals surface area contributed by atoms with Crippen molar-refractivity contribution in [3.05, 3.63) is 22.4 Å². The molecule has 1 aromatic heterocycles. The molecule has 2 heterocycles. The van der Waals surface area contributed by atoms with E-state index in [-0.39, 0.29) is 18.5 Å². The average Bonchev–Trinajstić information content (AvgIpc) is 2.88. The number of thiophene rings is 1. The fourth-order valence-corrected chi connectivity index (χ4v) is 2.46. The summed E-state index contributed by atoms with van der Waals surface area (Å²) in [6, 6.07) is 3.91. The first-order chi connectivity index (χ1) is 7.64. The molecule has 1 aliphatic rings. The minimum Gasteiger partial charge on any atom is -0.469 e. The van der Waals surface area contributed by atoms with Crippen LogP contribution in [-0.2, 0) is 24.8 Å². The van der Waals surface area contributed by atoms with Crippen molar-refractivity contribution in [1.29, 1.82) is 0 Å². The lowest BCUT2D eigenvalue weighted by atomic mass is 10.2. The summed E-state index contributed by atoms with van der Waals surface area (Å²) in [5, 5.41) is 1.97. The Hall–Kier alpha value is -0.910. The Labute approximate surface area is 98.1 Å². The van der Waals surface area contributed by atoms with Crippen LogP contribution in [0.15, 0.2) is 17.5 Å². The molecule has 0 spiro atoms. The zero-order chi connectivity index (χ0) is 11.6. The van der Waals surface area contributed by atoms with Crippen molar-refractivity contribution in [2.24, 2.45) is 0 Å². The normalized spacial score (nSPS) is 29.2. The summed E-state index contributed by atoms with van der Waals surface area (Å²) in [7, 11) is 1.37. The summed E-state index contributed by atoms with van der Waals surface area (Å²) in [6.07, 6.45) is 0.0110. The molecule has 1 saturated heterocycles. The van der Waals surface area contributed by atoms with Gasteiger partial charge < -0.3 is 14.2 Å². The number of rotatable bonds is 3. The molecule has 88 valence electrons. The van der Waals surface area contributed by atoms with Gasteiger partial charge in [0.15, 0.2) is 0 Å². The minimum atomic E-state index is -0.715. The maximum atomic E-state index is 11.1. The van der Waals surface area contributed by atoms with Gasteiger partial charge in [0.05, 0.1) is 31.1 Å². The van der Waals surface area contributed by atoms with E-state index in [0.717, 1.165) is 4.88 Å². The highest BCUT2D eigenvalue weighted by Crippen LogP contribution is 2.37. The summed E-state index contributed by atoms with van der Waals surface area (Å²) in [4.78, 5) is 12.1. The molecule has 4 nitrogen and oxygen atoms in total. The Morgan fingerprint density at radius 1 is 1.75 bits per heavy atom. The van der Waals surface area contributed by atoms with E-state index < -0.39 is 5.79 Å². The van der Waals surface area contributed by atoms with E-state index in [1.54, 1.807) is 11.3 Å². The zero-order valence-electron chi connectivity index (χ0n) is 9.26. The molecule has 2 atom stereocenters. The van der Waals surface area contributed by atoms with Crippen molar-refractivity contribution in [3.63, 3.8) is 0 Å². The van der Waals surface area contributed by atoms with Gasteiger partial charge in [-0.2, -0.15) is 0 Å². The topological polar surface area (TPSA) is 44.8 Å². The van der Waals surface area contributed by atoms with Gasteiger partial charge in [-0.3, -0.25) is 4.79 Å². The molecule has 1 aromatic rings. The highest BCUT2D eigenvalue weighted by molar-refractivity contribution is 7.10. The van der Waals surface area contributed by atoms with Crippen molar-refractivity contribution < 1.29 is 19.0 Å². The third kappa shape index (κ3) is 2.26. The van der Waals surface area contributed by atoms with Crippen LogP contribution < -0.4 is 0 Å². The maximum absolute atomic E-state index is 11.1. The van der Waals surface area contributed by atoms with Gasteiger partial charge in [-0.05, 0) is 18.4 Å². The van der Waals surface area contributed by atoms with Crippen LogP contribution in [0.3, 0.4) is 0 Å². The van der Waals surface area contributed by atoms with E-state index >= 15 is 0 Å². The molecule has 0 bridgehead atoms. The van der Waals surface area contributed by atoms with Crippen molar-refractivity contribution in [1.82, 2.24) is 0 Å². The monoisotopic (exact) mass is 242 g/mol. The third-order valence-corrected chi connectivity index (χ3v) is 3.58. The van der Waals surface area contributed by atoms with E-state index in [4.69, 9.17) is 9.47 Å². The van der Waals surface area contributed by atoms with Crippen molar-refractivity contribution >= 4 is 17.3 Å². The molecule has 5 heteroatoms. The Kier molecular flexibility index (Phi) is 3.28. The van der Waals surface area contributed by atoms with Gasteiger partial charge in [0.1, 0.15) is 0 Å². The second kappa shape index (κ2) is 4.53. The van der Waals surface area contributed by atoms with Crippen LogP contribution in [0, 0.1) is 0 Å². The number of esters is 1.